The molecule has 16 heavy (non-hydrogen) atoms. The van der Waals surface area contributed by atoms with Crippen LogP contribution < -0.4 is 21.2 Å². The van der Waals surface area contributed by atoms with Crippen molar-refractivity contribution in [3.8, 4) is 0 Å². The molecule has 1 aromatic rings. The van der Waals surface area contributed by atoms with Gasteiger partial charge in [0.15, 0.2) is 0 Å². The zero-order valence-corrected chi connectivity index (χ0v) is 13.1. The topological polar surface area (TPSA) is 16.1 Å². The molecule has 0 aliphatic carbocycles. The zero-order valence-electron chi connectivity index (χ0n) is 10.9. The fourth-order valence-corrected chi connectivity index (χ4v) is 2.15. The van der Waals surface area contributed by atoms with Crippen LogP contribution in [0.25, 0.3) is 0 Å². The summed E-state index contributed by atoms with van der Waals surface area (Å²) in [5.74, 6) is 0. The molecule has 0 saturated carbocycles. The second-order valence-corrected chi connectivity index (χ2v) is 7.73. The molecule has 0 aromatic carbocycles. The summed E-state index contributed by atoms with van der Waals surface area (Å²) < 4.78 is 2.91. The van der Waals surface area contributed by atoms with Crippen molar-refractivity contribution in [1.29, 1.82) is 0 Å². The van der Waals surface area contributed by atoms with E-state index >= 15 is 0 Å². The van der Waals surface area contributed by atoms with E-state index in [9.17, 15) is 0 Å². The molecule has 0 radical (unpaired) electrons. The molecule has 0 unspecified atom stereocenters. The molecule has 2 nitrogen and oxygen atoms in total. The predicted octanol–water partition coefficient (Wildman–Crippen LogP) is -0.699. The van der Waals surface area contributed by atoms with E-state index in [1.165, 1.54) is 14.5 Å². The fourth-order valence-electron chi connectivity index (χ4n) is 1.07. The van der Waals surface area contributed by atoms with E-state index in [1.54, 1.807) is 0 Å². The summed E-state index contributed by atoms with van der Waals surface area (Å²) in [5.41, 5.74) is 1.17. The van der Waals surface area contributed by atoms with Crippen molar-refractivity contribution >= 4 is 0 Å². The number of pyridine rings is 1. The SMILES string of the molecule is CC[I-]CC.CN(C)CCc1ccccn1. The molecule has 0 amide bonds. The van der Waals surface area contributed by atoms with Gasteiger partial charge in [0, 0.05) is 24.9 Å². The Morgan fingerprint density at radius 3 is 2.25 bits per heavy atom. The van der Waals surface area contributed by atoms with Gasteiger partial charge < -0.3 is 4.90 Å². The van der Waals surface area contributed by atoms with Crippen LogP contribution in [0.1, 0.15) is 19.5 Å². The third kappa shape index (κ3) is 10.4. The number of rotatable bonds is 5. The predicted molar refractivity (Wildman–Crippen MR) is 67.6 cm³/mol. The van der Waals surface area contributed by atoms with Gasteiger partial charge in [-0.05, 0) is 26.2 Å². The maximum absolute atomic E-state index is 4.22. The molecule has 1 heterocycles. The molecular weight excluding hydrogens is 311 g/mol. The normalized spacial score (nSPS) is 10.1. The Labute approximate surface area is 111 Å². The Bertz CT molecular complexity index is 235. The Morgan fingerprint density at radius 1 is 1.19 bits per heavy atom. The van der Waals surface area contributed by atoms with Crippen LogP contribution in [0.15, 0.2) is 24.4 Å². The molecule has 0 aliphatic rings. The van der Waals surface area contributed by atoms with E-state index < -0.39 is 0 Å². The molecule has 94 valence electrons. The minimum Gasteiger partial charge on any atom is -0.309 e. The number of hydrogen-bond donors (Lipinski definition) is 0. The second kappa shape index (κ2) is 11.3. The Balaban J connectivity index is 0.000000385. The average Bonchev–Trinajstić information content (AvgIpc) is 2.30. The molecule has 1 rings (SSSR count). The third-order valence-electron chi connectivity index (χ3n) is 1.92. The van der Waals surface area contributed by atoms with E-state index in [-0.39, 0.29) is 0 Å². The number of aromatic nitrogens is 1. The number of alkyl halides is 2. The summed E-state index contributed by atoms with van der Waals surface area (Å²) in [4.78, 5) is 6.39. The summed E-state index contributed by atoms with van der Waals surface area (Å²) in [5, 5.41) is 0. The first-order valence-corrected chi connectivity index (χ1v) is 8.83. The average molecular weight is 335 g/mol. The number of nitrogens with zero attached hydrogens (tertiary/aromatic N) is 2. The first-order valence-electron chi connectivity index (χ1n) is 5.78. The smallest absolute Gasteiger partial charge is 0.0416 e. The van der Waals surface area contributed by atoms with Crippen LogP contribution in [0.4, 0.5) is 0 Å². The molecule has 0 spiro atoms. The molecule has 0 N–H and O–H groups in total. The standard InChI is InChI=1S/C9H14N2.C4H10I/c1-11(2)8-6-9-5-3-4-7-10-9;1-3-5-4-2/h3-5,7H,6,8H2,1-2H3;3-4H2,1-2H3/q;-1. The zero-order chi connectivity index (χ0) is 12.2. The van der Waals surface area contributed by atoms with Gasteiger partial charge in [-0.3, -0.25) is 4.98 Å². The van der Waals surface area contributed by atoms with Crippen molar-refractivity contribution in [3.05, 3.63) is 30.1 Å². The molecule has 0 aliphatic heterocycles. The maximum atomic E-state index is 4.22. The van der Waals surface area contributed by atoms with Gasteiger partial charge in [-0.1, -0.05) is 6.07 Å². The van der Waals surface area contributed by atoms with Gasteiger partial charge in [0.1, 0.15) is 0 Å². The van der Waals surface area contributed by atoms with E-state index in [4.69, 9.17) is 0 Å². The van der Waals surface area contributed by atoms with Gasteiger partial charge >= 0.3 is 43.9 Å². The molecule has 0 atom stereocenters. The Kier molecular flexibility index (Phi) is 11.2. The van der Waals surface area contributed by atoms with Crippen molar-refractivity contribution < 1.29 is 21.2 Å². The molecule has 1 aromatic heterocycles. The van der Waals surface area contributed by atoms with Crippen LogP contribution in [0.5, 0.6) is 0 Å². The Morgan fingerprint density at radius 2 is 1.88 bits per heavy atom. The van der Waals surface area contributed by atoms with Crippen LogP contribution in [-0.2, 0) is 6.42 Å². The van der Waals surface area contributed by atoms with Gasteiger partial charge in [0.05, 0.1) is 0 Å². The van der Waals surface area contributed by atoms with Crippen LogP contribution in [0, 0.1) is 0 Å². The van der Waals surface area contributed by atoms with Gasteiger partial charge in [-0.2, -0.15) is 0 Å². The Hall–Kier alpha value is -0.160. The summed E-state index contributed by atoms with van der Waals surface area (Å²) in [6.07, 6.45) is 2.87. The molecular formula is C13H24IN2-. The minimum atomic E-state index is 0.631. The summed E-state index contributed by atoms with van der Waals surface area (Å²) in [6.45, 7) is 5.59. The number of halogens is 1. The van der Waals surface area contributed by atoms with Crippen LogP contribution in [0.3, 0.4) is 0 Å². The first kappa shape index (κ1) is 15.8. The van der Waals surface area contributed by atoms with Gasteiger partial charge in [-0.25, -0.2) is 0 Å². The van der Waals surface area contributed by atoms with E-state index in [0.29, 0.717) is 21.2 Å². The van der Waals surface area contributed by atoms with Crippen molar-refractivity contribution in [3.63, 3.8) is 0 Å². The summed E-state index contributed by atoms with van der Waals surface area (Å²) in [7, 11) is 4.14. The van der Waals surface area contributed by atoms with E-state index in [2.05, 4.69) is 43.9 Å². The van der Waals surface area contributed by atoms with Gasteiger partial charge in [0.2, 0.25) is 0 Å². The summed E-state index contributed by atoms with van der Waals surface area (Å²) in [6, 6.07) is 6.03. The maximum Gasteiger partial charge on any atom is 0.0416 e. The van der Waals surface area contributed by atoms with E-state index in [1.807, 2.05) is 18.3 Å². The van der Waals surface area contributed by atoms with Crippen LogP contribution in [-0.4, -0.2) is 39.4 Å². The van der Waals surface area contributed by atoms with Gasteiger partial charge in [-0.15, -0.1) is 0 Å². The number of likely N-dealkylation sites (N-methyl/N-ethyl adjacent to an activating group) is 1. The fraction of sp³-hybridized carbons (Fsp3) is 0.615. The molecule has 0 bridgehead atoms. The van der Waals surface area contributed by atoms with Gasteiger partial charge in [0.25, 0.3) is 0 Å². The van der Waals surface area contributed by atoms with Crippen LogP contribution >= 0.6 is 0 Å². The molecule has 3 heteroatoms. The van der Waals surface area contributed by atoms with Crippen molar-refractivity contribution in [2.24, 2.45) is 0 Å². The van der Waals surface area contributed by atoms with Crippen molar-refractivity contribution in [2.45, 2.75) is 20.3 Å². The first-order chi connectivity index (χ1) is 7.70. The third-order valence-corrected chi connectivity index (χ3v) is 4.08. The van der Waals surface area contributed by atoms with Crippen molar-refractivity contribution in [2.75, 3.05) is 29.5 Å². The largest absolute Gasteiger partial charge is 0.309 e. The molecule has 0 saturated heterocycles. The monoisotopic (exact) mass is 335 g/mol. The minimum absolute atomic E-state index is 0.631. The van der Waals surface area contributed by atoms with Crippen molar-refractivity contribution in [1.82, 2.24) is 9.88 Å². The quantitative estimate of drug-likeness (QED) is 0.523. The van der Waals surface area contributed by atoms with Crippen LogP contribution in [0.2, 0.25) is 0 Å². The number of hydrogen-bond acceptors (Lipinski definition) is 2. The molecule has 0 fully saturated rings. The van der Waals surface area contributed by atoms with E-state index in [0.717, 1.165) is 13.0 Å². The summed E-state index contributed by atoms with van der Waals surface area (Å²) >= 11 is 0.631. The second-order valence-electron chi connectivity index (χ2n) is 3.60.